The summed E-state index contributed by atoms with van der Waals surface area (Å²) in [6, 6.07) is 13.9. The molecule has 0 aliphatic carbocycles. The first-order valence-corrected chi connectivity index (χ1v) is 10.6. The van der Waals surface area contributed by atoms with Gasteiger partial charge in [0.1, 0.15) is 5.75 Å². The third kappa shape index (κ3) is 5.58. The second-order valence-electron chi connectivity index (χ2n) is 6.50. The predicted molar refractivity (Wildman–Crippen MR) is 120 cm³/mol. The minimum Gasteiger partial charge on any atom is -0.506 e. The maximum Gasteiger partial charge on any atom is 0.234 e. The Morgan fingerprint density at radius 2 is 1.94 bits per heavy atom. The number of methoxy groups -OCH3 is 1. The number of phenols is 1. The van der Waals surface area contributed by atoms with Crippen LogP contribution in [0.2, 0.25) is 0 Å². The fourth-order valence-electron chi connectivity index (χ4n) is 2.86. The molecule has 3 aromatic rings. The summed E-state index contributed by atoms with van der Waals surface area (Å²) in [5.74, 6) is 1.68. The average molecular weight is 441 g/mol. The number of phenolic OH excluding ortho intramolecular Hbond substituents is 1. The van der Waals surface area contributed by atoms with Crippen molar-refractivity contribution in [3.63, 3.8) is 0 Å². The van der Waals surface area contributed by atoms with E-state index in [1.54, 1.807) is 31.4 Å². The molecular weight excluding hydrogens is 416 g/mol. The van der Waals surface area contributed by atoms with Gasteiger partial charge in [-0.15, -0.1) is 16.8 Å². The van der Waals surface area contributed by atoms with Crippen LogP contribution >= 0.6 is 11.8 Å². The van der Waals surface area contributed by atoms with Crippen LogP contribution in [0.5, 0.6) is 17.2 Å². The van der Waals surface area contributed by atoms with E-state index >= 15 is 0 Å². The van der Waals surface area contributed by atoms with Gasteiger partial charge < -0.3 is 19.9 Å². The van der Waals surface area contributed by atoms with E-state index in [0.717, 1.165) is 0 Å². The molecule has 0 saturated carbocycles. The molecule has 3 rings (SSSR count). The van der Waals surface area contributed by atoms with Gasteiger partial charge in [-0.05, 0) is 31.2 Å². The van der Waals surface area contributed by atoms with Crippen LogP contribution in [-0.2, 0) is 11.3 Å². The summed E-state index contributed by atoms with van der Waals surface area (Å²) in [7, 11) is 1.59. The van der Waals surface area contributed by atoms with E-state index in [2.05, 4.69) is 22.1 Å². The first kappa shape index (κ1) is 22.2. The zero-order valence-electron chi connectivity index (χ0n) is 17.3. The SMILES string of the molecule is C=CCn1c(SCC(=O)Nc2ccccc2O)nnc1C(C)Oc1ccccc1OC. The number of thioether (sulfide) groups is 1. The number of aromatic nitrogens is 3. The van der Waals surface area contributed by atoms with Gasteiger partial charge >= 0.3 is 0 Å². The highest BCUT2D eigenvalue weighted by atomic mass is 32.2. The second kappa shape index (κ2) is 10.5. The standard InChI is InChI=1S/C22H24N4O4S/c1-4-13-26-21(15(2)30-19-12-8-7-11-18(19)29-3)24-25-22(26)31-14-20(28)23-16-9-5-6-10-17(16)27/h4-12,15,27H,1,13-14H2,2-3H3,(H,23,28). The number of nitrogens with zero attached hydrogens (tertiary/aromatic N) is 3. The molecule has 1 unspecified atom stereocenters. The molecule has 0 radical (unpaired) electrons. The molecule has 9 heteroatoms. The first-order valence-electron chi connectivity index (χ1n) is 9.57. The minimum atomic E-state index is -0.409. The van der Waals surface area contributed by atoms with Crippen molar-refractivity contribution in [2.45, 2.75) is 24.7 Å². The van der Waals surface area contributed by atoms with Crippen molar-refractivity contribution in [2.75, 3.05) is 18.2 Å². The fourth-order valence-corrected chi connectivity index (χ4v) is 3.62. The lowest BCUT2D eigenvalue weighted by Gasteiger charge is -2.17. The van der Waals surface area contributed by atoms with Crippen molar-refractivity contribution in [3.05, 3.63) is 67.0 Å². The Kier molecular flexibility index (Phi) is 7.55. The van der Waals surface area contributed by atoms with Crippen LogP contribution in [0.15, 0.2) is 66.3 Å². The summed E-state index contributed by atoms with van der Waals surface area (Å²) in [4.78, 5) is 12.3. The maximum absolute atomic E-state index is 12.3. The number of benzene rings is 2. The lowest BCUT2D eigenvalue weighted by Crippen LogP contribution is -2.15. The second-order valence-corrected chi connectivity index (χ2v) is 7.45. The first-order chi connectivity index (χ1) is 15.0. The lowest BCUT2D eigenvalue weighted by atomic mass is 10.3. The molecule has 0 fully saturated rings. The van der Waals surface area contributed by atoms with E-state index in [-0.39, 0.29) is 17.4 Å². The third-order valence-electron chi connectivity index (χ3n) is 4.30. The smallest absolute Gasteiger partial charge is 0.234 e. The fraction of sp³-hybridized carbons (Fsp3) is 0.227. The minimum absolute atomic E-state index is 0.0141. The zero-order valence-corrected chi connectivity index (χ0v) is 18.1. The van der Waals surface area contributed by atoms with Gasteiger partial charge in [0, 0.05) is 6.54 Å². The molecule has 1 heterocycles. The van der Waals surface area contributed by atoms with Crippen LogP contribution in [0.25, 0.3) is 0 Å². The summed E-state index contributed by atoms with van der Waals surface area (Å²) in [6.07, 6.45) is 1.32. The molecule has 2 N–H and O–H groups in total. The van der Waals surface area contributed by atoms with Crippen molar-refractivity contribution in [1.29, 1.82) is 0 Å². The van der Waals surface area contributed by atoms with E-state index in [4.69, 9.17) is 9.47 Å². The summed E-state index contributed by atoms with van der Waals surface area (Å²) in [6.45, 7) is 6.13. The number of carbonyl (C=O) groups excluding carboxylic acids is 1. The lowest BCUT2D eigenvalue weighted by molar-refractivity contribution is -0.113. The van der Waals surface area contributed by atoms with Gasteiger partial charge in [0.05, 0.1) is 18.6 Å². The normalized spacial score (nSPS) is 11.5. The van der Waals surface area contributed by atoms with E-state index in [1.807, 2.05) is 35.8 Å². The molecule has 0 saturated heterocycles. The molecule has 2 aromatic carbocycles. The Hall–Kier alpha value is -3.46. The summed E-state index contributed by atoms with van der Waals surface area (Å²) in [5.41, 5.74) is 0.361. The van der Waals surface area contributed by atoms with Gasteiger partial charge in [-0.25, -0.2) is 0 Å². The summed E-state index contributed by atoms with van der Waals surface area (Å²) < 4.78 is 13.2. The molecule has 1 atom stereocenters. The van der Waals surface area contributed by atoms with Crippen LogP contribution < -0.4 is 14.8 Å². The molecule has 0 spiro atoms. The molecule has 8 nitrogen and oxygen atoms in total. The van der Waals surface area contributed by atoms with Crippen molar-refractivity contribution in [2.24, 2.45) is 0 Å². The van der Waals surface area contributed by atoms with Crippen LogP contribution in [0.4, 0.5) is 5.69 Å². The summed E-state index contributed by atoms with van der Waals surface area (Å²) >= 11 is 1.24. The average Bonchev–Trinajstić information content (AvgIpc) is 3.17. The van der Waals surface area contributed by atoms with Crippen LogP contribution in [0.1, 0.15) is 18.9 Å². The predicted octanol–water partition coefficient (Wildman–Crippen LogP) is 4.05. The third-order valence-corrected chi connectivity index (χ3v) is 5.27. The molecular formula is C22H24N4O4S. The molecule has 1 amide bonds. The Balaban J connectivity index is 1.70. The number of ether oxygens (including phenoxy) is 2. The van der Waals surface area contributed by atoms with Crippen molar-refractivity contribution >= 4 is 23.4 Å². The Bertz CT molecular complexity index is 1050. The molecule has 0 aliphatic rings. The van der Waals surface area contributed by atoms with E-state index in [1.165, 1.54) is 17.8 Å². The molecule has 162 valence electrons. The van der Waals surface area contributed by atoms with E-state index < -0.39 is 6.10 Å². The van der Waals surface area contributed by atoms with Gasteiger partial charge in [-0.2, -0.15) is 0 Å². The van der Waals surface area contributed by atoms with Gasteiger partial charge in [0.2, 0.25) is 5.91 Å². The number of hydrogen-bond donors (Lipinski definition) is 2. The number of nitrogens with one attached hydrogen (secondary N) is 1. The Labute approximate surface area is 184 Å². The van der Waals surface area contributed by atoms with Gasteiger partial charge in [0.15, 0.2) is 28.6 Å². The number of rotatable bonds is 10. The van der Waals surface area contributed by atoms with Crippen LogP contribution in [0, 0.1) is 0 Å². The van der Waals surface area contributed by atoms with E-state index in [0.29, 0.717) is 34.7 Å². The van der Waals surface area contributed by atoms with Crippen molar-refractivity contribution in [1.82, 2.24) is 14.8 Å². The largest absolute Gasteiger partial charge is 0.506 e. The number of hydrogen-bond acceptors (Lipinski definition) is 7. The number of allylic oxidation sites excluding steroid dienone is 1. The monoisotopic (exact) mass is 440 g/mol. The topological polar surface area (TPSA) is 98.5 Å². The highest BCUT2D eigenvalue weighted by Gasteiger charge is 2.21. The number of para-hydroxylation sites is 4. The number of anilines is 1. The number of carbonyl (C=O) groups is 1. The van der Waals surface area contributed by atoms with Gasteiger partial charge in [-0.3, -0.25) is 9.36 Å². The number of amides is 1. The van der Waals surface area contributed by atoms with Gasteiger partial charge in [-0.1, -0.05) is 42.1 Å². The van der Waals surface area contributed by atoms with Gasteiger partial charge in [0.25, 0.3) is 0 Å². The highest BCUT2D eigenvalue weighted by Crippen LogP contribution is 2.31. The number of aromatic hydroxyl groups is 1. The maximum atomic E-state index is 12.3. The molecule has 0 bridgehead atoms. The molecule has 0 aliphatic heterocycles. The Morgan fingerprint density at radius 1 is 1.23 bits per heavy atom. The zero-order chi connectivity index (χ0) is 22.2. The molecule has 31 heavy (non-hydrogen) atoms. The Morgan fingerprint density at radius 3 is 2.65 bits per heavy atom. The highest BCUT2D eigenvalue weighted by molar-refractivity contribution is 7.99. The molecule has 1 aromatic heterocycles. The van der Waals surface area contributed by atoms with Crippen LogP contribution in [0.3, 0.4) is 0 Å². The van der Waals surface area contributed by atoms with Crippen molar-refractivity contribution in [3.8, 4) is 17.2 Å². The summed E-state index contributed by atoms with van der Waals surface area (Å²) in [5, 5.41) is 21.5. The quantitative estimate of drug-likeness (QED) is 0.279. The van der Waals surface area contributed by atoms with Crippen molar-refractivity contribution < 1.29 is 19.4 Å². The van der Waals surface area contributed by atoms with E-state index in [9.17, 15) is 9.90 Å². The van der Waals surface area contributed by atoms with Crippen LogP contribution in [-0.4, -0.2) is 38.6 Å².